The van der Waals surface area contributed by atoms with Crippen LogP contribution in [0.5, 0.6) is 0 Å². The third-order valence-corrected chi connectivity index (χ3v) is 5.42. The average molecular weight is 338 g/mol. The maximum Gasteiger partial charge on any atom is 0.161 e. The lowest BCUT2D eigenvalue weighted by atomic mass is 10.0. The number of nitrogens with zero attached hydrogens (tertiary/aromatic N) is 2. The van der Waals surface area contributed by atoms with Crippen LogP contribution in [-0.4, -0.2) is 34.4 Å². The molecule has 0 spiro atoms. The normalized spacial score (nSPS) is 24.4. The summed E-state index contributed by atoms with van der Waals surface area (Å²) in [6.45, 7) is 4.37. The predicted octanol–water partition coefficient (Wildman–Crippen LogP) is 3.58. The zero-order chi connectivity index (χ0) is 17.4. The Morgan fingerprint density at radius 3 is 2.60 bits per heavy atom. The lowest BCUT2D eigenvalue weighted by molar-refractivity contribution is -0.0989. The summed E-state index contributed by atoms with van der Waals surface area (Å²) in [5.74, 6) is 0.844. The second kappa shape index (κ2) is 6.77. The highest BCUT2D eigenvalue weighted by Crippen LogP contribution is 2.39. The van der Waals surface area contributed by atoms with Crippen LogP contribution >= 0.6 is 0 Å². The van der Waals surface area contributed by atoms with Crippen molar-refractivity contribution in [2.45, 2.75) is 38.5 Å². The summed E-state index contributed by atoms with van der Waals surface area (Å²) in [7, 11) is 2.02. The second-order valence-corrected chi connectivity index (χ2v) is 7.49. The first kappa shape index (κ1) is 16.6. The van der Waals surface area contributed by atoms with E-state index in [0.717, 1.165) is 31.1 Å². The SMILES string of the molecule is CC(=O)c1cc(CN2C[C@@H](c3ccccc3)O[C@@H](C3CC3)C2)n(C)c1. The first-order valence-corrected chi connectivity index (χ1v) is 9.19. The Balaban J connectivity index is 1.52. The third kappa shape index (κ3) is 3.70. The summed E-state index contributed by atoms with van der Waals surface area (Å²) >= 11 is 0. The van der Waals surface area contributed by atoms with Gasteiger partial charge in [-0.2, -0.15) is 0 Å². The molecule has 2 aromatic rings. The van der Waals surface area contributed by atoms with Crippen LogP contribution in [0.2, 0.25) is 0 Å². The number of hydrogen-bond acceptors (Lipinski definition) is 3. The number of morpholine rings is 1. The van der Waals surface area contributed by atoms with E-state index >= 15 is 0 Å². The van der Waals surface area contributed by atoms with Crippen LogP contribution in [0, 0.1) is 5.92 Å². The van der Waals surface area contributed by atoms with Crippen LogP contribution in [0.25, 0.3) is 0 Å². The van der Waals surface area contributed by atoms with Gasteiger partial charge < -0.3 is 9.30 Å². The summed E-state index contributed by atoms with van der Waals surface area (Å²) in [5.41, 5.74) is 3.24. The maximum absolute atomic E-state index is 11.6. The number of benzene rings is 1. The van der Waals surface area contributed by atoms with Gasteiger partial charge in [0, 0.05) is 44.1 Å². The number of ketones is 1. The summed E-state index contributed by atoms with van der Waals surface area (Å²) in [5, 5.41) is 0. The Hall–Kier alpha value is -1.91. The fourth-order valence-electron chi connectivity index (χ4n) is 3.76. The number of rotatable bonds is 5. The molecule has 2 aliphatic rings. The van der Waals surface area contributed by atoms with Gasteiger partial charge in [0.25, 0.3) is 0 Å². The Labute approximate surface area is 149 Å². The minimum atomic E-state index is 0.127. The second-order valence-electron chi connectivity index (χ2n) is 7.49. The quantitative estimate of drug-likeness (QED) is 0.782. The molecule has 4 heteroatoms. The molecule has 25 heavy (non-hydrogen) atoms. The first-order valence-electron chi connectivity index (χ1n) is 9.19. The fourth-order valence-corrected chi connectivity index (χ4v) is 3.76. The van der Waals surface area contributed by atoms with Gasteiger partial charge in [0.05, 0.1) is 12.2 Å². The topological polar surface area (TPSA) is 34.5 Å². The molecule has 1 aromatic heterocycles. The summed E-state index contributed by atoms with van der Waals surface area (Å²) in [4.78, 5) is 14.1. The van der Waals surface area contributed by atoms with Gasteiger partial charge in [0.2, 0.25) is 0 Å². The molecule has 1 aromatic carbocycles. The van der Waals surface area contributed by atoms with Crippen molar-refractivity contribution in [2.24, 2.45) is 13.0 Å². The van der Waals surface area contributed by atoms with Crippen LogP contribution in [-0.2, 0) is 18.3 Å². The molecule has 4 rings (SSSR count). The molecular formula is C21H26N2O2. The van der Waals surface area contributed by atoms with Crippen molar-refractivity contribution in [3.05, 3.63) is 59.4 Å². The Bertz CT molecular complexity index is 749. The van der Waals surface area contributed by atoms with Gasteiger partial charge in [-0.05, 0) is 37.3 Å². The van der Waals surface area contributed by atoms with Crippen molar-refractivity contribution in [3.63, 3.8) is 0 Å². The van der Waals surface area contributed by atoms with Crippen molar-refractivity contribution < 1.29 is 9.53 Å². The first-order chi connectivity index (χ1) is 12.1. The third-order valence-electron chi connectivity index (χ3n) is 5.42. The van der Waals surface area contributed by atoms with Gasteiger partial charge in [-0.3, -0.25) is 9.69 Å². The number of ether oxygens (including phenoxy) is 1. The smallest absolute Gasteiger partial charge is 0.161 e. The number of carbonyl (C=O) groups is 1. The van der Waals surface area contributed by atoms with Crippen LogP contribution < -0.4 is 0 Å². The van der Waals surface area contributed by atoms with Crippen molar-refractivity contribution in [3.8, 4) is 0 Å². The van der Waals surface area contributed by atoms with Gasteiger partial charge in [-0.1, -0.05) is 30.3 Å². The van der Waals surface area contributed by atoms with E-state index in [2.05, 4.69) is 39.8 Å². The molecule has 1 aliphatic carbocycles. The molecule has 0 amide bonds. The molecular weight excluding hydrogens is 312 g/mol. The Kier molecular flexibility index (Phi) is 4.48. The van der Waals surface area contributed by atoms with Crippen molar-refractivity contribution >= 4 is 5.78 Å². The highest BCUT2D eigenvalue weighted by Gasteiger charge is 2.38. The molecule has 1 saturated carbocycles. The molecule has 132 valence electrons. The van der Waals surface area contributed by atoms with E-state index in [1.165, 1.54) is 24.1 Å². The lowest BCUT2D eigenvalue weighted by Gasteiger charge is -2.38. The maximum atomic E-state index is 11.6. The number of aromatic nitrogens is 1. The average Bonchev–Trinajstić information content (AvgIpc) is 3.40. The van der Waals surface area contributed by atoms with Crippen molar-refractivity contribution in [1.82, 2.24) is 9.47 Å². The summed E-state index contributed by atoms with van der Waals surface area (Å²) in [6, 6.07) is 12.6. The van der Waals surface area contributed by atoms with Gasteiger partial charge in [-0.15, -0.1) is 0 Å². The van der Waals surface area contributed by atoms with Crippen LogP contribution in [0.1, 0.15) is 47.5 Å². The van der Waals surface area contributed by atoms with E-state index in [1.54, 1.807) is 6.92 Å². The van der Waals surface area contributed by atoms with E-state index in [4.69, 9.17) is 4.74 Å². The number of aryl methyl sites for hydroxylation is 1. The van der Waals surface area contributed by atoms with E-state index in [0.29, 0.717) is 6.10 Å². The van der Waals surface area contributed by atoms with E-state index in [1.807, 2.05) is 19.3 Å². The predicted molar refractivity (Wildman–Crippen MR) is 97.5 cm³/mol. The molecule has 0 N–H and O–H groups in total. The molecule has 0 unspecified atom stereocenters. The highest BCUT2D eigenvalue weighted by molar-refractivity contribution is 5.94. The summed E-state index contributed by atoms with van der Waals surface area (Å²) in [6.07, 6.45) is 4.97. The minimum Gasteiger partial charge on any atom is -0.367 e. The summed E-state index contributed by atoms with van der Waals surface area (Å²) < 4.78 is 8.51. The van der Waals surface area contributed by atoms with E-state index in [-0.39, 0.29) is 11.9 Å². The van der Waals surface area contributed by atoms with Gasteiger partial charge in [-0.25, -0.2) is 0 Å². The number of carbonyl (C=O) groups excluding carboxylic acids is 1. The van der Waals surface area contributed by atoms with Crippen LogP contribution in [0.15, 0.2) is 42.6 Å². The van der Waals surface area contributed by atoms with Gasteiger partial charge in [0.1, 0.15) is 0 Å². The van der Waals surface area contributed by atoms with E-state index < -0.39 is 0 Å². The molecule has 4 nitrogen and oxygen atoms in total. The number of hydrogen-bond donors (Lipinski definition) is 0. The van der Waals surface area contributed by atoms with E-state index in [9.17, 15) is 4.79 Å². The highest BCUT2D eigenvalue weighted by atomic mass is 16.5. The molecule has 2 atom stereocenters. The lowest BCUT2D eigenvalue weighted by Crippen LogP contribution is -2.44. The van der Waals surface area contributed by atoms with Gasteiger partial charge >= 0.3 is 0 Å². The Morgan fingerprint density at radius 2 is 1.96 bits per heavy atom. The molecule has 2 fully saturated rings. The molecule has 1 saturated heterocycles. The molecule has 1 aliphatic heterocycles. The van der Waals surface area contributed by atoms with Crippen LogP contribution in [0.3, 0.4) is 0 Å². The number of Topliss-reactive ketones (excluding diaryl/α,β-unsaturated/α-hetero) is 1. The monoisotopic (exact) mass is 338 g/mol. The van der Waals surface area contributed by atoms with Gasteiger partial charge in [0.15, 0.2) is 5.78 Å². The zero-order valence-electron chi connectivity index (χ0n) is 15.0. The molecule has 2 heterocycles. The zero-order valence-corrected chi connectivity index (χ0v) is 15.0. The standard InChI is InChI=1S/C21H26N2O2/c1-15(24)18-10-19(22(2)11-18)12-23-13-20(16-6-4-3-5-7-16)25-21(14-23)17-8-9-17/h3-7,10-11,17,20-21H,8-9,12-14H2,1-2H3/t20-,21+/m0/s1. The van der Waals surface area contributed by atoms with Crippen molar-refractivity contribution in [1.29, 1.82) is 0 Å². The van der Waals surface area contributed by atoms with Crippen molar-refractivity contribution in [2.75, 3.05) is 13.1 Å². The molecule has 0 radical (unpaired) electrons. The minimum absolute atomic E-state index is 0.127. The Morgan fingerprint density at radius 1 is 1.20 bits per heavy atom. The van der Waals surface area contributed by atoms with Crippen LogP contribution in [0.4, 0.5) is 0 Å². The molecule has 0 bridgehead atoms. The fraction of sp³-hybridized carbons (Fsp3) is 0.476. The largest absolute Gasteiger partial charge is 0.367 e.